The Hall–Kier alpha value is -2.66. The molecule has 0 aliphatic rings. The molecule has 6 heteroatoms. The van der Waals surface area contributed by atoms with Crippen molar-refractivity contribution in [3.63, 3.8) is 0 Å². The lowest BCUT2D eigenvalue weighted by Crippen LogP contribution is -2.43. The number of benzene rings is 3. The first-order valence-electron chi connectivity index (χ1n) is 11.4. The molecular formula is C28H28Cl2N2OSi. The number of carbonyl (C=O) groups is 1. The number of hydrogen-bond acceptors (Lipinski definition) is 2. The van der Waals surface area contributed by atoms with Crippen LogP contribution in [0.15, 0.2) is 85.1 Å². The van der Waals surface area contributed by atoms with Gasteiger partial charge in [0.2, 0.25) is 5.91 Å². The molecule has 174 valence electrons. The highest BCUT2D eigenvalue weighted by Gasteiger charge is 2.29. The molecule has 1 amide bonds. The van der Waals surface area contributed by atoms with E-state index in [0.717, 1.165) is 34.6 Å². The number of para-hydroxylation sites is 1. The molecular weight excluding hydrogens is 479 g/mol. The molecule has 0 aliphatic heterocycles. The SMILES string of the molecule is C[Si](C)(CC(CC(=O)Nc1cccc2cccnc12)Cc1ccc(Cl)c(Cl)c1)c1ccccc1. The van der Waals surface area contributed by atoms with Gasteiger partial charge in [-0.15, -0.1) is 0 Å². The topological polar surface area (TPSA) is 42.0 Å². The molecule has 1 unspecified atom stereocenters. The summed E-state index contributed by atoms with van der Waals surface area (Å²) in [5.41, 5.74) is 2.64. The number of rotatable bonds is 8. The first-order valence-corrected chi connectivity index (χ1v) is 15.4. The minimum Gasteiger partial charge on any atom is -0.324 e. The van der Waals surface area contributed by atoms with Crippen LogP contribution in [0.5, 0.6) is 0 Å². The van der Waals surface area contributed by atoms with Gasteiger partial charge >= 0.3 is 0 Å². The predicted molar refractivity (Wildman–Crippen MR) is 147 cm³/mol. The quantitative estimate of drug-likeness (QED) is 0.254. The van der Waals surface area contributed by atoms with E-state index in [2.05, 4.69) is 47.7 Å². The van der Waals surface area contributed by atoms with Crippen LogP contribution in [0.4, 0.5) is 5.69 Å². The van der Waals surface area contributed by atoms with Crippen LogP contribution in [0.3, 0.4) is 0 Å². The summed E-state index contributed by atoms with van der Waals surface area (Å²) < 4.78 is 0. The number of aromatic nitrogens is 1. The second-order valence-electron chi connectivity index (χ2n) is 9.41. The summed E-state index contributed by atoms with van der Waals surface area (Å²) >= 11 is 12.4. The van der Waals surface area contributed by atoms with E-state index in [1.165, 1.54) is 5.19 Å². The molecule has 3 aromatic carbocycles. The third-order valence-corrected chi connectivity index (χ3v) is 10.5. The molecule has 0 fully saturated rings. The van der Waals surface area contributed by atoms with E-state index in [9.17, 15) is 4.79 Å². The van der Waals surface area contributed by atoms with Gasteiger partial charge < -0.3 is 5.32 Å². The number of amides is 1. The van der Waals surface area contributed by atoms with Crippen molar-refractivity contribution in [3.05, 3.63) is 101 Å². The molecule has 0 aliphatic carbocycles. The maximum atomic E-state index is 13.2. The van der Waals surface area contributed by atoms with Crippen LogP contribution < -0.4 is 10.5 Å². The van der Waals surface area contributed by atoms with Gasteiger partial charge in [-0.05, 0) is 48.2 Å². The highest BCUT2D eigenvalue weighted by Crippen LogP contribution is 2.29. The summed E-state index contributed by atoms with van der Waals surface area (Å²) in [4.78, 5) is 17.7. The number of fused-ring (bicyclic) bond motifs is 1. The lowest BCUT2D eigenvalue weighted by molar-refractivity contribution is -0.116. The summed E-state index contributed by atoms with van der Waals surface area (Å²) in [7, 11) is -1.77. The standard InChI is InChI=1S/C28H28Cl2N2OSi/c1-34(2,23-10-4-3-5-11-23)19-21(16-20-13-14-24(29)25(30)17-20)18-27(33)32-26-12-6-8-22-9-7-15-31-28(22)26/h3-15,17,21H,16,18-19H2,1-2H3,(H,32,33). The molecule has 0 bridgehead atoms. The summed E-state index contributed by atoms with van der Waals surface area (Å²) in [5.74, 6) is 0.170. The Labute approximate surface area is 212 Å². The number of nitrogens with one attached hydrogen (secondary N) is 1. The Bertz CT molecular complexity index is 1290. The lowest BCUT2D eigenvalue weighted by atomic mass is 9.97. The smallest absolute Gasteiger partial charge is 0.224 e. The highest BCUT2D eigenvalue weighted by atomic mass is 35.5. The maximum absolute atomic E-state index is 13.2. The van der Waals surface area contributed by atoms with Gasteiger partial charge in [0, 0.05) is 18.0 Å². The third kappa shape index (κ3) is 6.06. The molecule has 1 aromatic heterocycles. The van der Waals surface area contributed by atoms with Crippen LogP contribution in [-0.4, -0.2) is 19.0 Å². The number of nitrogens with zero attached hydrogens (tertiary/aromatic N) is 1. The minimum absolute atomic E-state index is 0.000996. The molecule has 1 heterocycles. The van der Waals surface area contributed by atoms with Crippen molar-refractivity contribution in [3.8, 4) is 0 Å². The van der Waals surface area contributed by atoms with Gasteiger partial charge in [-0.2, -0.15) is 0 Å². The Morgan fingerprint density at radius 1 is 0.941 bits per heavy atom. The van der Waals surface area contributed by atoms with Crippen LogP contribution in [-0.2, 0) is 11.2 Å². The average Bonchev–Trinajstić information content (AvgIpc) is 2.82. The number of halogens is 2. The van der Waals surface area contributed by atoms with Crippen molar-refractivity contribution in [1.82, 2.24) is 4.98 Å². The molecule has 3 nitrogen and oxygen atoms in total. The van der Waals surface area contributed by atoms with Crippen LogP contribution in [0.2, 0.25) is 29.2 Å². The molecule has 1 atom stereocenters. The van der Waals surface area contributed by atoms with Crippen molar-refractivity contribution >= 4 is 59.0 Å². The van der Waals surface area contributed by atoms with Gasteiger partial charge in [-0.1, -0.05) is 96.1 Å². The first kappa shape index (κ1) is 24.5. The summed E-state index contributed by atoms with van der Waals surface area (Å²) in [6.07, 6.45) is 2.94. The summed E-state index contributed by atoms with van der Waals surface area (Å²) in [6.45, 7) is 4.74. The van der Waals surface area contributed by atoms with Crippen molar-refractivity contribution in [2.24, 2.45) is 5.92 Å². The fraction of sp³-hybridized carbons (Fsp3) is 0.214. The molecule has 0 saturated heterocycles. The van der Waals surface area contributed by atoms with Crippen molar-refractivity contribution in [1.29, 1.82) is 0 Å². The zero-order valence-corrected chi connectivity index (χ0v) is 21.9. The molecule has 4 rings (SSSR count). The number of pyridine rings is 1. The monoisotopic (exact) mass is 506 g/mol. The molecule has 0 saturated carbocycles. The lowest BCUT2D eigenvalue weighted by Gasteiger charge is -2.29. The normalized spacial score (nSPS) is 12.5. The molecule has 4 aromatic rings. The zero-order chi connectivity index (χ0) is 24.1. The van der Waals surface area contributed by atoms with E-state index < -0.39 is 8.07 Å². The van der Waals surface area contributed by atoms with E-state index in [1.54, 1.807) is 6.20 Å². The van der Waals surface area contributed by atoms with Crippen molar-refractivity contribution in [2.45, 2.75) is 32.0 Å². The minimum atomic E-state index is -1.77. The molecule has 1 N–H and O–H groups in total. The van der Waals surface area contributed by atoms with Crippen LogP contribution in [0, 0.1) is 5.92 Å². The van der Waals surface area contributed by atoms with Gasteiger partial charge in [-0.3, -0.25) is 9.78 Å². The molecule has 0 radical (unpaired) electrons. The van der Waals surface area contributed by atoms with Crippen molar-refractivity contribution < 1.29 is 4.79 Å². The van der Waals surface area contributed by atoms with E-state index >= 15 is 0 Å². The third-order valence-electron chi connectivity index (χ3n) is 6.24. The van der Waals surface area contributed by atoms with Gasteiger partial charge in [0.1, 0.15) is 0 Å². The van der Waals surface area contributed by atoms with Gasteiger partial charge in [0.25, 0.3) is 0 Å². The Kier molecular flexibility index (Phi) is 7.72. The summed E-state index contributed by atoms with van der Waals surface area (Å²) in [6, 6.07) is 27.2. The Morgan fingerprint density at radius 3 is 2.47 bits per heavy atom. The second-order valence-corrected chi connectivity index (χ2v) is 15.0. The fourth-order valence-electron chi connectivity index (χ4n) is 4.61. The van der Waals surface area contributed by atoms with Gasteiger partial charge in [-0.25, -0.2) is 0 Å². The Morgan fingerprint density at radius 2 is 1.71 bits per heavy atom. The van der Waals surface area contributed by atoms with Crippen LogP contribution in [0.1, 0.15) is 12.0 Å². The fourth-order valence-corrected chi connectivity index (χ4v) is 8.00. The molecule has 34 heavy (non-hydrogen) atoms. The van der Waals surface area contributed by atoms with Crippen molar-refractivity contribution in [2.75, 3.05) is 5.32 Å². The number of carbonyl (C=O) groups excluding carboxylic acids is 1. The number of anilines is 1. The highest BCUT2D eigenvalue weighted by molar-refractivity contribution is 6.89. The number of hydrogen-bond donors (Lipinski definition) is 1. The summed E-state index contributed by atoms with van der Waals surface area (Å²) in [5, 5.41) is 6.60. The molecule has 0 spiro atoms. The van der Waals surface area contributed by atoms with Crippen LogP contribution in [0.25, 0.3) is 10.9 Å². The van der Waals surface area contributed by atoms with Crippen LogP contribution >= 0.6 is 23.2 Å². The van der Waals surface area contributed by atoms with E-state index in [-0.39, 0.29) is 11.8 Å². The van der Waals surface area contributed by atoms with E-state index in [4.69, 9.17) is 23.2 Å². The second kappa shape index (κ2) is 10.7. The zero-order valence-electron chi connectivity index (χ0n) is 19.4. The maximum Gasteiger partial charge on any atom is 0.224 e. The van der Waals surface area contributed by atoms with E-state index in [0.29, 0.717) is 16.5 Å². The van der Waals surface area contributed by atoms with E-state index in [1.807, 2.05) is 54.6 Å². The van der Waals surface area contributed by atoms with Gasteiger partial charge in [0.05, 0.1) is 29.3 Å². The van der Waals surface area contributed by atoms with Gasteiger partial charge in [0.15, 0.2) is 0 Å². The largest absolute Gasteiger partial charge is 0.324 e. The average molecular weight is 508 g/mol. The Balaban J connectivity index is 1.56. The first-order chi connectivity index (χ1) is 16.3. The predicted octanol–water partition coefficient (Wildman–Crippen LogP) is 7.34.